The van der Waals surface area contributed by atoms with Gasteiger partial charge in [0.25, 0.3) is 0 Å². The minimum atomic E-state index is -4.53. The van der Waals surface area contributed by atoms with Gasteiger partial charge in [0.15, 0.2) is 28.5 Å². The Hall–Kier alpha value is -4.30. The molecule has 4 aromatic heterocycles. The summed E-state index contributed by atoms with van der Waals surface area (Å²) < 4.78 is 50.0. The Labute approximate surface area is 225 Å². The van der Waals surface area contributed by atoms with E-state index in [2.05, 4.69) is 41.3 Å². The molecule has 0 bridgehead atoms. The van der Waals surface area contributed by atoms with Gasteiger partial charge in [0.05, 0.1) is 18.0 Å². The summed E-state index contributed by atoms with van der Waals surface area (Å²) in [4.78, 5) is 13.1. The number of rotatable bonds is 9. The van der Waals surface area contributed by atoms with Gasteiger partial charge in [0.2, 0.25) is 5.95 Å². The second-order valence-electron chi connectivity index (χ2n) is 8.49. The number of nitrogens with one attached hydrogen (secondary N) is 4. The number of aromatic nitrogens is 6. The Bertz CT molecular complexity index is 1650. The highest BCUT2D eigenvalue weighted by Gasteiger charge is 2.31. The van der Waals surface area contributed by atoms with E-state index in [1.54, 1.807) is 48.7 Å². The summed E-state index contributed by atoms with van der Waals surface area (Å²) in [7, 11) is 5.17. The molecule has 0 radical (unpaired) electrons. The average Bonchev–Trinajstić information content (AvgIpc) is 3.46. The molecule has 0 unspecified atom stereocenters. The summed E-state index contributed by atoms with van der Waals surface area (Å²) in [5.74, 6) is 1.45. The van der Waals surface area contributed by atoms with Gasteiger partial charge in [-0.25, -0.2) is 14.5 Å². The van der Waals surface area contributed by atoms with E-state index in [1.165, 1.54) is 12.4 Å². The highest BCUT2D eigenvalue weighted by molar-refractivity contribution is 6.36. The van der Waals surface area contributed by atoms with Crippen LogP contribution in [0.3, 0.4) is 0 Å². The number of aryl methyl sites for hydroxylation is 1. The Morgan fingerprint density at radius 1 is 1.00 bits per heavy atom. The molecule has 39 heavy (non-hydrogen) atoms. The minimum absolute atomic E-state index is 0.196. The fourth-order valence-corrected chi connectivity index (χ4v) is 4.31. The van der Waals surface area contributed by atoms with Crippen LogP contribution < -0.4 is 26.0 Å². The van der Waals surface area contributed by atoms with Crippen LogP contribution in [0.25, 0.3) is 16.7 Å². The molecule has 0 atom stereocenters. The van der Waals surface area contributed by atoms with Gasteiger partial charge >= 0.3 is 6.18 Å². The van der Waals surface area contributed by atoms with Gasteiger partial charge in [-0.2, -0.15) is 23.3 Å². The van der Waals surface area contributed by atoms with Crippen LogP contribution >= 0.6 is 11.6 Å². The number of benzene rings is 1. The van der Waals surface area contributed by atoms with Gasteiger partial charge in [0.1, 0.15) is 10.5 Å². The average molecular weight is 561 g/mol. The number of halogens is 4. The number of ether oxygens (including phenoxy) is 1. The summed E-state index contributed by atoms with van der Waals surface area (Å²) >= 11 is 6.71. The molecule has 0 aliphatic carbocycles. The van der Waals surface area contributed by atoms with E-state index in [9.17, 15) is 13.2 Å². The molecule has 204 valence electrons. The van der Waals surface area contributed by atoms with Crippen molar-refractivity contribution < 1.29 is 17.9 Å². The van der Waals surface area contributed by atoms with Crippen molar-refractivity contribution in [3.05, 3.63) is 53.6 Å². The largest absolute Gasteiger partial charge is 0.450 e. The minimum Gasteiger partial charge on any atom is -0.450 e. The van der Waals surface area contributed by atoms with Crippen LogP contribution in [0.2, 0.25) is 5.02 Å². The molecule has 1 aromatic carbocycles. The van der Waals surface area contributed by atoms with Crippen molar-refractivity contribution in [3.63, 3.8) is 0 Å². The molecule has 0 saturated carbocycles. The highest BCUT2D eigenvalue weighted by atomic mass is 35.5. The number of nitrogens with zero attached hydrogens (tertiary/aromatic N) is 6. The van der Waals surface area contributed by atoms with Gasteiger partial charge in [-0.3, -0.25) is 0 Å². The highest BCUT2D eigenvalue weighted by Crippen LogP contribution is 2.38. The predicted octanol–water partition coefficient (Wildman–Crippen LogP) is 4.89. The predicted molar refractivity (Wildman–Crippen MR) is 143 cm³/mol. The number of pyridine rings is 1. The SMILES string of the molecule is CNCCNc1cc(Nc2nc3ncc(Oc4cnn5ccnc(NC)c45)c(Cl)c3n2C)cc(C(F)(F)F)c1. The van der Waals surface area contributed by atoms with Crippen molar-refractivity contribution in [3.8, 4) is 11.5 Å². The maximum atomic E-state index is 13.6. The molecular weight excluding hydrogens is 537 g/mol. The van der Waals surface area contributed by atoms with Crippen LogP contribution in [0.4, 0.5) is 36.3 Å². The van der Waals surface area contributed by atoms with Crippen LogP contribution in [-0.4, -0.2) is 56.3 Å². The molecule has 5 rings (SSSR count). The van der Waals surface area contributed by atoms with Gasteiger partial charge < -0.3 is 30.6 Å². The first-order chi connectivity index (χ1) is 18.7. The third-order valence-corrected chi connectivity index (χ3v) is 6.25. The molecule has 0 aliphatic rings. The number of hydrogen-bond acceptors (Lipinski definition) is 9. The van der Waals surface area contributed by atoms with Crippen molar-refractivity contribution >= 4 is 51.4 Å². The summed E-state index contributed by atoms with van der Waals surface area (Å²) in [6.45, 7) is 1.03. The third kappa shape index (κ3) is 5.20. The molecule has 0 amide bonds. The van der Waals surface area contributed by atoms with Crippen LogP contribution in [0.1, 0.15) is 5.56 Å². The van der Waals surface area contributed by atoms with Crippen LogP contribution in [0, 0.1) is 0 Å². The van der Waals surface area contributed by atoms with Crippen LogP contribution in [0.5, 0.6) is 11.5 Å². The Morgan fingerprint density at radius 2 is 1.79 bits per heavy atom. The van der Waals surface area contributed by atoms with Gasteiger partial charge in [-0.15, -0.1) is 0 Å². The summed E-state index contributed by atoms with van der Waals surface area (Å²) in [6, 6.07) is 3.66. The fraction of sp³-hybridized carbons (Fsp3) is 0.250. The van der Waals surface area contributed by atoms with Gasteiger partial charge in [-0.1, -0.05) is 11.6 Å². The number of imidazole rings is 1. The third-order valence-electron chi connectivity index (χ3n) is 5.88. The number of alkyl halides is 3. The van der Waals surface area contributed by atoms with Crippen molar-refractivity contribution in [2.75, 3.05) is 43.1 Å². The zero-order valence-corrected chi connectivity index (χ0v) is 21.8. The summed E-state index contributed by atoms with van der Waals surface area (Å²) in [6.07, 6.45) is 1.72. The number of anilines is 4. The first-order valence-electron chi connectivity index (χ1n) is 11.8. The smallest absolute Gasteiger partial charge is 0.416 e. The molecule has 15 heteroatoms. The molecule has 0 spiro atoms. The lowest BCUT2D eigenvalue weighted by Gasteiger charge is -2.15. The topological polar surface area (TPSA) is 118 Å². The summed E-state index contributed by atoms with van der Waals surface area (Å²) in [5, 5.41) is 16.4. The zero-order chi connectivity index (χ0) is 27.7. The molecule has 0 fully saturated rings. The Kier molecular flexibility index (Phi) is 7.06. The van der Waals surface area contributed by atoms with Gasteiger partial charge in [0, 0.05) is 51.0 Å². The normalized spacial score (nSPS) is 11.8. The second kappa shape index (κ2) is 10.5. The monoisotopic (exact) mass is 560 g/mol. The number of fused-ring (bicyclic) bond motifs is 2. The maximum absolute atomic E-state index is 13.6. The lowest BCUT2D eigenvalue weighted by atomic mass is 10.1. The second-order valence-corrected chi connectivity index (χ2v) is 8.86. The first kappa shape index (κ1) is 26.3. The van der Waals surface area contributed by atoms with Crippen LogP contribution in [-0.2, 0) is 13.2 Å². The van der Waals surface area contributed by atoms with E-state index in [-0.39, 0.29) is 28.1 Å². The molecule has 0 saturated heterocycles. The molecular formula is C24H24ClF3N10O. The van der Waals surface area contributed by atoms with Crippen molar-refractivity contribution in [2.45, 2.75) is 6.18 Å². The lowest BCUT2D eigenvalue weighted by molar-refractivity contribution is -0.137. The van der Waals surface area contributed by atoms with E-state index in [0.717, 1.165) is 12.1 Å². The number of hydrogen-bond donors (Lipinski definition) is 4. The van der Waals surface area contributed by atoms with Gasteiger partial charge in [-0.05, 0) is 25.2 Å². The molecule has 11 nitrogen and oxygen atoms in total. The molecule has 0 aliphatic heterocycles. The zero-order valence-electron chi connectivity index (χ0n) is 21.1. The maximum Gasteiger partial charge on any atom is 0.416 e. The first-order valence-corrected chi connectivity index (χ1v) is 12.1. The van der Waals surface area contributed by atoms with E-state index in [1.807, 2.05) is 0 Å². The van der Waals surface area contributed by atoms with E-state index >= 15 is 0 Å². The molecule has 5 aromatic rings. The van der Waals surface area contributed by atoms with Crippen molar-refractivity contribution in [1.82, 2.24) is 34.4 Å². The fourth-order valence-electron chi connectivity index (χ4n) is 4.01. The lowest BCUT2D eigenvalue weighted by Crippen LogP contribution is -2.18. The Morgan fingerprint density at radius 3 is 2.54 bits per heavy atom. The molecule has 4 N–H and O–H groups in total. The van der Waals surface area contributed by atoms with E-state index < -0.39 is 11.7 Å². The quantitative estimate of drug-likeness (QED) is 0.187. The van der Waals surface area contributed by atoms with E-state index in [0.29, 0.717) is 41.4 Å². The van der Waals surface area contributed by atoms with Crippen LogP contribution in [0.15, 0.2) is 43.0 Å². The van der Waals surface area contributed by atoms with Crippen molar-refractivity contribution in [1.29, 1.82) is 0 Å². The van der Waals surface area contributed by atoms with Crippen molar-refractivity contribution in [2.24, 2.45) is 7.05 Å². The molecule has 4 heterocycles. The number of likely N-dealkylation sites (N-methyl/N-ethyl adjacent to an activating group) is 1. The summed E-state index contributed by atoms with van der Waals surface area (Å²) in [5.41, 5.74) is 1.04. The standard InChI is InChI=1S/C24H24ClF3N10O/c1-29-4-5-31-14-8-13(24(26,27)28)9-15(10-14)35-23-36-22-20(37(23)3)18(25)16(11-33-22)39-17-12-34-38-7-6-32-21(30-2)19(17)38/h6-12,29,31H,4-5H2,1-3H3,(H,30,32)(H,33,35,36). The van der Waals surface area contributed by atoms with E-state index in [4.69, 9.17) is 16.3 Å². The Balaban J connectivity index is 1.48.